The molecule has 1 amide bonds. The van der Waals surface area contributed by atoms with Gasteiger partial charge >= 0.3 is 0 Å². The Morgan fingerprint density at radius 2 is 2.14 bits per heavy atom. The maximum absolute atomic E-state index is 11.9. The fourth-order valence-electron chi connectivity index (χ4n) is 2.85. The number of nitrogens with one attached hydrogen (secondary N) is 2. The van der Waals surface area contributed by atoms with Crippen LogP contribution in [-0.4, -0.2) is 26.8 Å². The van der Waals surface area contributed by atoms with Crippen LogP contribution < -0.4 is 5.32 Å². The van der Waals surface area contributed by atoms with Gasteiger partial charge in [-0.15, -0.1) is 11.8 Å². The van der Waals surface area contributed by atoms with E-state index in [1.807, 2.05) is 19.1 Å². The highest BCUT2D eigenvalue weighted by molar-refractivity contribution is 8.00. The first kappa shape index (κ1) is 13.3. The molecule has 5 nitrogen and oxygen atoms in total. The third kappa shape index (κ3) is 2.07. The van der Waals surface area contributed by atoms with Crippen LogP contribution in [0, 0.1) is 6.92 Å². The molecule has 1 aromatic carbocycles. The van der Waals surface area contributed by atoms with Gasteiger partial charge < -0.3 is 5.32 Å². The predicted molar refractivity (Wildman–Crippen MR) is 88.0 cm³/mol. The summed E-state index contributed by atoms with van der Waals surface area (Å²) in [7, 11) is 0. The molecule has 4 rings (SSSR count). The molecule has 1 atom stereocenters. The average molecular weight is 310 g/mol. The van der Waals surface area contributed by atoms with E-state index in [9.17, 15) is 4.79 Å². The van der Waals surface area contributed by atoms with Gasteiger partial charge in [0.1, 0.15) is 0 Å². The third-order valence-electron chi connectivity index (χ3n) is 3.84. The highest BCUT2D eigenvalue weighted by Crippen LogP contribution is 2.43. The van der Waals surface area contributed by atoms with Crippen LogP contribution in [0.5, 0.6) is 0 Å². The van der Waals surface area contributed by atoms with Gasteiger partial charge in [-0.05, 0) is 18.6 Å². The Bertz CT molecular complexity index is 868. The lowest BCUT2D eigenvalue weighted by molar-refractivity contribution is -0.113. The van der Waals surface area contributed by atoms with E-state index in [1.165, 1.54) is 0 Å². The lowest BCUT2D eigenvalue weighted by atomic mass is 10.0. The van der Waals surface area contributed by atoms with Crippen molar-refractivity contribution in [3.63, 3.8) is 0 Å². The van der Waals surface area contributed by atoms with Gasteiger partial charge in [0.15, 0.2) is 5.82 Å². The number of thioether (sulfide) groups is 1. The Kier molecular flexibility index (Phi) is 3.11. The normalized spacial score (nSPS) is 17.9. The van der Waals surface area contributed by atoms with Crippen LogP contribution in [0.3, 0.4) is 0 Å². The molecule has 1 aliphatic rings. The number of anilines is 1. The molecule has 3 heterocycles. The molecule has 2 aromatic heterocycles. The minimum absolute atomic E-state index is 0.0200. The molecular weight excluding hydrogens is 296 g/mol. The fraction of sp³-hybridized carbons (Fsp3) is 0.188. The number of rotatable bonds is 1. The highest BCUT2D eigenvalue weighted by Gasteiger charge is 2.29. The van der Waals surface area contributed by atoms with Gasteiger partial charge in [0, 0.05) is 22.8 Å². The molecule has 3 aromatic rings. The van der Waals surface area contributed by atoms with Crippen molar-refractivity contribution in [3.05, 3.63) is 53.3 Å². The van der Waals surface area contributed by atoms with Crippen LogP contribution in [0.15, 0.2) is 36.5 Å². The van der Waals surface area contributed by atoms with Crippen LogP contribution in [0.25, 0.3) is 10.9 Å². The summed E-state index contributed by atoms with van der Waals surface area (Å²) in [5, 5.41) is 11.2. The predicted octanol–water partition coefficient (Wildman–Crippen LogP) is 3.04. The van der Waals surface area contributed by atoms with E-state index in [-0.39, 0.29) is 11.2 Å². The van der Waals surface area contributed by atoms with Crippen molar-refractivity contribution >= 4 is 34.4 Å². The number of hydrogen-bond donors (Lipinski definition) is 2. The van der Waals surface area contributed by atoms with Gasteiger partial charge in [-0.3, -0.25) is 14.9 Å². The second kappa shape index (κ2) is 5.14. The molecule has 0 unspecified atom stereocenters. The Hall–Kier alpha value is -2.34. The van der Waals surface area contributed by atoms with Gasteiger partial charge in [0.2, 0.25) is 5.91 Å². The molecule has 0 spiro atoms. The zero-order valence-electron chi connectivity index (χ0n) is 12.0. The fourth-order valence-corrected chi connectivity index (χ4v) is 4.06. The van der Waals surface area contributed by atoms with Crippen molar-refractivity contribution in [1.82, 2.24) is 15.2 Å². The minimum Gasteiger partial charge on any atom is -0.308 e. The number of carbonyl (C=O) groups excluding carboxylic acids is 1. The molecule has 0 aliphatic carbocycles. The van der Waals surface area contributed by atoms with Crippen molar-refractivity contribution in [3.8, 4) is 0 Å². The average Bonchev–Trinajstić information content (AvgIpc) is 2.79. The Labute approximate surface area is 131 Å². The number of nitrogens with zero attached hydrogens (tertiary/aromatic N) is 2. The highest BCUT2D eigenvalue weighted by atomic mass is 32.2. The number of amides is 1. The van der Waals surface area contributed by atoms with Crippen molar-refractivity contribution < 1.29 is 4.79 Å². The topological polar surface area (TPSA) is 70.7 Å². The summed E-state index contributed by atoms with van der Waals surface area (Å²) in [6, 6.07) is 10.2. The summed E-state index contributed by atoms with van der Waals surface area (Å²) in [6.45, 7) is 1.98. The second-order valence-corrected chi connectivity index (χ2v) is 6.37. The summed E-state index contributed by atoms with van der Waals surface area (Å²) >= 11 is 1.61. The number of aromatic amines is 1. The standard InChI is InChI=1S/C16H14N4OS/c1-9-13-15(22-8-12(21)18-16(13)20-19-9)11-6-2-4-10-5-3-7-17-14(10)11/h2-7,15H,8H2,1H3,(H2,18,19,20,21)/t15-/m0/s1. The summed E-state index contributed by atoms with van der Waals surface area (Å²) in [4.78, 5) is 16.4. The number of pyridine rings is 1. The monoisotopic (exact) mass is 310 g/mol. The number of aromatic nitrogens is 3. The molecular formula is C16H14N4OS. The van der Waals surface area contributed by atoms with E-state index < -0.39 is 0 Å². The first-order chi connectivity index (χ1) is 10.7. The molecule has 22 heavy (non-hydrogen) atoms. The van der Waals surface area contributed by atoms with Crippen molar-refractivity contribution in [2.45, 2.75) is 12.2 Å². The van der Waals surface area contributed by atoms with Crippen LogP contribution in [0.2, 0.25) is 0 Å². The molecule has 2 N–H and O–H groups in total. The molecule has 0 bridgehead atoms. The van der Waals surface area contributed by atoms with E-state index in [0.717, 1.165) is 27.7 Å². The van der Waals surface area contributed by atoms with Gasteiger partial charge in [-0.25, -0.2) is 0 Å². The van der Waals surface area contributed by atoms with Crippen LogP contribution in [0.1, 0.15) is 22.1 Å². The van der Waals surface area contributed by atoms with E-state index in [2.05, 4.69) is 38.7 Å². The first-order valence-electron chi connectivity index (χ1n) is 7.04. The molecule has 0 fully saturated rings. The number of H-pyrrole nitrogens is 1. The maximum atomic E-state index is 11.9. The molecule has 110 valence electrons. The maximum Gasteiger partial charge on any atom is 0.235 e. The van der Waals surface area contributed by atoms with E-state index >= 15 is 0 Å². The third-order valence-corrected chi connectivity index (χ3v) is 5.09. The van der Waals surface area contributed by atoms with Gasteiger partial charge in [-0.1, -0.05) is 24.3 Å². The minimum atomic E-state index is -0.0200. The second-order valence-electron chi connectivity index (χ2n) is 5.27. The Morgan fingerprint density at radius 1 is 1.27 bits per heavy atom. The van der Waals surface area contributed by atoms with Crippen molar-refractivity contribution in [2.75, 3.05) is 11.1 Å². The summed E-state index contributed by atoms with van der Waals surface area (Å²) < 4.78 is 0. The largest absolute Gasteiger partial charge is 0.308 e. The van der Waals surface area contributed by atoms with Crippen molar-refractivity contribution in [2.24, 2.45) is 0 Å². The lowest BCUT2D eigenvalue weighted by Gasteiger charge is -2.16. The smallest absolute Gasteiger partial charge is 0.235 e. The number of hydrogen-bond acceptors (Lipinski definition) is 4. The van der Waals surface area contributed by atoms with Gasteiger partial charge in [-0.2, -0.15) is 5.10 Å². The molecule has 1 aliphatic heterocycles. The number of aryl methyl sites for hydroxylation is 1. The van der Waals surface area contributed by atoms with Crippen LogP contribution in [0.4, 0.5) is 5.82 Å². The van der Waals surface area contributed by atoms with E-state index in [1.54, 1.807) is 18.0 Å². The number of benzene rings is 1. The number of para-hydroxylation sites is 1. The Balaban J connectivity index is 1.94. The zero-order chi connectivity index (χ0) is 15.1. The zero-order valence-corrected chi connectivity index (χ0v) is 12.8. The number of fused-ring (bicyclic) bond motifs is 2. The van der Waals surface area contributed by atoms with Gasteiger partial charge in [0.25, 0.3) is 0 Å². The van der Waals surface area contributed by atoms with Gasteiger partial charge in [0.05, 0.1) is 16.5 Å². The summed E-state index contributed by atoms with van der Waals surface area (Å²) in [5.74, 6) is 1.02. The molecule has 0 saturated heterocycles. The molecule has 0 radical (unpaired) electrons. The molecule has 0 saturated carbocycles. The number of carbonyl (C=O) groups is 1. The molecule has 6 heteroatoms. The van der Waals surface area contributed by atoms with Crippen LogP contribution >= 0.6 is 11.8 Å². The first-order valence-corrected chi connectivity index (χ1v) is 8.09. The van der Waals surface area contributed by atoms with Crippen LogP contribution in [-0.2, 0) is 4.79 Å². The Morgan fingerprint density at radius 3 is 3.05 bits per heavy atom. The van der Waals surface area contributed by atoms with E-state index in [0.29, 0.717) is 11.6 Å². The summed E-state index contributed by atoms with van der Waals surface area (Å²) in [5.41, 5.74) is 4.10. The quantitative estimate of drug-likeness (QED) is 0.725. The summed E-state index contributed by atoms with van der Waals surface area (Å²) in [6.07, 6.45) is 1.81. The van der Waals surface area contributed by atoms with Crippen molar-refractivity contribution in [1.29, 1.82) is 0 Å². The lowest BCUT2D eigenvalue weighted by Crippen LogP contribution is -2.12. The SMILES string of the molecule is Cc1[nH]nc2c1[C@H](c1cccc3cccnc13)SCC(=O)N2. The van der Waals surface area contributed by atoms with E-state index in [4.69, 9.17) is 0 Å².